The normalized spacial score (nSPS) is 15.0. The van der Waals surface area contributed by atoms with E-state index in [1.54, 1.807) is 12.1 Å². The van der Waals surface area contributed by atoms with Crippen molar-refractivity contribution in [3.8, 4) is 0 Å². The largest absolute Gasteiger partial charge is 0.417 e. The summed E-state index contributed by atoms with van der Waals surface area (Å²) in [5, 5.41) is 4.76. The van der Waals surface area contributed by atoms with Crippen molar-refractivity contribution in [1.29, 1.82) is 0 Å². The predicted molar refractivity (Wildman–Crippen MR) is 145 cm³/mol. The molecule has 0 bridgehead atoms. The zero-order valence-corrected chi connectivity index (χ0v) is 19.9. The Morgan fingerprint density at radius 2 is 1.28 bits per heavy atom. The molecule has 0 aliphatic carbocycles. The van der Waals surface area contributed by atoms with Crippen LogP contribution in [0.25, 0.3) is 32.3 Å². The Morgan fingerprint density at radius 3 is 2.06 bits per heavy atom. The van der Waals surface area contributed by atoms with E-state index in [0.717, 1.165) is 21.5 Å². The third-order valence-electron chi connectivity index (χ3n) is 8.13. The lowest BCUT2D eigenvalue weighted by atomic mass is 9.31. The highest BCUT2D eigenvalue weighted by Gasteiger charge is 2.41. The van der Waals surface area contributed by atoms with Crippen LogP contribution in [0.5, 0.6) is 0 Å². The second kappa shape index (κ2) is 7.13. The van der Waals surface area contributed by atoms with Crippen molar-refractivity contribution in [3.63, 3.8) is 0 Å². The Morgan fingerprint density at radius 1 is 0.639 bits per heavy atom. The summed E-state index contributed by atoms with van der Waals surface area (Å²) in [5.74, 6) is 0. The number of fused-ring (bicyclic) bond motifs is 3. The average Bonchev–Trinajstić information content (AvgIpc) is 2.87. The number of alkyl halides is 3. The first-order chi connectivity index (χ1) is 17.3. The van der Waals surface area contributed by atoms with E-state index in [9.17, 15) is 13.2 Å². The van der Waals surface area contributed by atoms with Crippen molar-refractivity contribution in [2.75, 3.05) is 0 Å². The van der Waals surface area contributed by atoms with Gasteiger partial charge in [-0.2, -0.15) is 13.2 Å². The molecule has 0 fully saturated rings. The molecule has 1 aliphatic rings. The smallest absolute Gasteiger partial charge is 0.166 e. The number of halogens is 3. The molecule has 0 saturated heterocycles. The summed E-state index contributed by atoms with van der Waals surface area (Å²) >= 11 is 0. The van der Waals surface area contributed by atoms with E-state index >= 15 is 0 Å². The van der Waals surface area contributed by atoms with Crippen LogP contribution in [0.4, 0.5) is 13.2 Å². The van der Waals surface area contributed by atoms with Crippen LogP contribution < -0.4 is 16.4 Å². The first-order valence-electron chi connectivity index (χ1n) is 12.2. The zero-order chi connectivity index (χ0) is 24.8. The standard InChI is InChI=1S/C32H22BF3/c1-31(2)25-10-6-7-11-26(25)33(21-8-4-3-5-9-21)27-18-20-13-15-22-24(32(34,35)36)17-14-19-12-16-23(30(27)31)29(20)28(19)22/h3-18H,1-2H3. The molecule has 36 heavy (non-hydrogen) atoms. The fourth-order valence-electron chi connectivity index (χ4n) is 6.70. The van der Waals surface area contributed by atoms with E-state index in [4.69, 9.17) is 0 Å². The van der Waals surface area contributed by atoms with Crippen LogP contribution in [-0.4, -0.2) is 6.71 Å². The molecule has 0 aromatic heterocycles. The van der Waals surface area contributed by atoms with Crippen LogP contribution in [0.1, 0.15) is 30.5 Å². The molecule has 4 heteroatoms. The van der Waals surface area contributed by atoms with Crippen molar-refractivity contribution in [3.05, 3.63) is 114 Å². The SMILES string of the molecule is CC1(C)c2ccccc2B(c2ccccc2)c2cc3ccc4c(C(F)(F)F)ccc5ccc(c21)c3c54. The van der Waals surface area contributed by atoms with Gasteiger partial charge in [0.2, 0.25) is 6.71 Å². The first-order valence-corrected chi connectivity index (χ1v) is 12.2. The van der Waals surface area contributed by atoms with Gasteiger partial charge in [0.15, 0.2) is 0 Å². The molecule has 0 radical (unpaired) electrons. The average molecular weight is 474 g/mol. The van der Waals surface area contributed by atoms with Crippen molar-refractivity contribution in [1.82, 2.24) is 0 Å². The third kappa shape index (κ3) is 2.79. The number of rotatable bonds is 1. The molecule has 0 spiro atoms. The highest BCUT2D eigenvalue weighted by molar-refractivity contribution is 6.96. The molecule has 0 atom stereocenters. The van der Waals surface area contributed by atoms with Crippen molar-refractivity contribution >= 4 is 55.4 Å². The zero-order valence-electron chi connectivity index (χ0n) is 19.9. The van der Waals surface area contributed by atoms with Crippen LogP contribution in [0.15, 0.2) is 97.1 Å². The Balaban J connectivity index is 1.66. The molecule has 1 heterocycles. The highest BCUT2D eigenvalue weighted by atomic mass is 19.4. The Kier molecular flexibility index (Phi) is 4.26. The van der Waals surface area contributed by atoms with Crippen LogP contribution >= 0.6 is 0 Å². The fraction of sp³-hybridized carbons (Fsp3) is 0.125. The number of hydrogen-bond donors (Lipinski definition) is 0. The van der Waals surface area contributed by atoms with Gasteiger partial charge >= 0.3 is 6.18 Å². The number of benzene rings is 6. The van der Waals surface area contributed by atoms with E-state index in [-0.39, 0.29) is 17.5 Å². The summed E-state index contributed by atoms with van der Waals surface area (Å²) in [6.07, 6.45) is -4.40. The van der Waals surface area contributed by atoms with E-state index in [2.05, 4.69) is 74.5 Å². The summed E-state index contributed by atoms with van der Waals surface area (Å²) in [7, 11) is 0. The Labute approximate surface area is 207 Å². The molecule has 0 unspecified atom stereocenters. The third-order valence-corrected chi connectivity index (χ3v) is 8.13. The van der Waals surface area contributed by atoms with Gasteiger partial charge in [0.05, 0.1) is 5.56 Å². The van der Waals surface area contributed by atoms with Crippen LogP contribution in [-0.2, 0) is 11.6 Å². The maximum atomic E-state index is 14.0. The molecular weight excluding hydrogens is 452 g/mol. The molecule has 174 valence electrons. The molecule has 0 nitrogen and oxygen atoms in total. The first kappa shape index (κ1) is 21.5. The molecule has 7 rings (SSSR count). The Bertz CT molecular complexity index is 1800. The summed E-state index contributed by atoms with van der Waals surface area (Å²) < 4.78 is 41.9. The van der Waals surface area contributed by atoms with Gasteiger partial charge < -0.3 is 0 Å². The van der Waals surface area contributed by atoms with Gasteiger partial charge in [0, 0.05) is 5.41 Å². The second-order valence-corrected chi connectivity index (χ2v) is 10.4. The maximum absolute atomic E-state index is 14.0. The van der Waals surface area contributed by atoms with Gasteiger partial charge in [-0.3, -0.25) is 0 Å². The summed E-state index contributed by atoms with van der Waals surface area (Å²) in [5.41, 5.74) is 5.31. The van der Waals surface area contributed by atoms with Crippen LogP contribution in [0, 0.1) is 0 Å². The minimum Gasteiger partial charge on any atom is -0.166 e. The monoisotopic (exact) mass is 474 g/mol. The lowest BCUT2D eigenvalue weighted by molar-refractivity contribution is -0.136. The van der Waals surface area contributed by atoms with Crippen LogP contribution in [0.3, 0.4) is 0 Å². The van der Waals surface area contributed by atoms with Gasteiger partial charge in [-0.1, -0.05) is 121 Å². The second-order valence-electron chi connectivity index (χ2n) is 10.4. The van der Waals surface area contributed by atoms with E-state index < -0.39 is 11.7 Å². The molecule has 0 saturated carbocycles. The topological polar surface area (TPSA) is 0 Å². The van der Waals surface area contributed by atoms with Gasteiger partial charge in [0.25, 0.3) is 0 Å². The maximum Gasteiger partial charge on any atom is 0.417 e. The van der Waals surface area contributed by atoms with Crippen molar-refractivity contribution in [2.24, 2.45) is 0 Å². The minimum absolute atomic E-state index is 0.0538. The highest BCUT2D eigenvalue weighted by Crippen LogP contribution is 2.45. The molecular formula is C32H22BF3. The van der Waals surface area contributed by atoms with E-state index in [1.165, 1.54) is 33.6 Å². The van der Waals surface area contributed by atoms with Crippen molar-refractivity contribution < 1.29 is 13.2 Å². The Hall–Kier alpha value is -3.79. The van der Waals surface area contributed by atoms with Crippen LogP contribution in [0.2, 0.25) is 0 Å². The van der Waals surface area contributed by atoms with Gasteiger partial charge in [-0.15, -0.1) is 0 Å². The predicted octanol–water partition coefficient (Wildman–Crippen LogP) is 6.76. The van der Waals surface area contributed by atoms with Gasteiger partial charge in [-0.05, 0) is 49.5 Å². The molecule has 0 N–H and O–H groups in total. The number of hydrogen-bond acceptors (Lipinski definition) is 0. The van der Waals surface area contributed by atoms with Crippen molar-refractivity contribution in [2.45, 2.75) is 25.4 Å². The van der Waals surface area contributed by atoms with Gasteiger partial charge in [0.1, 0.15) is 0 Å². The fourth-order valence-corrected chi connectivity index (χ4v) is 6.70. The quantitative estimate of drug-likeness (QED) is 0.183. The lowest BCUT2D eigenvalue weighted by Crippen LogP contribution is -2.60. The lowest BCUT2D eigenvalue weighted by Gasteiger charge is -2.40. The molecule has 6 aromatic carbocycles. The van der Waals surface area contributed by atoms with E-state index in [0.29, 0.717) is 5.39 Å². The summed E-state index contributed by atoms with van der Waals surface area (Å²) in [6.45, 7) is 4.53. The molecule has 6 aromatic rings. The summed E-state index contributed by atoms with van der Waals surface area (Å²) in [6, 6.07) is 31.8. The minimum atomic E-state index is -4.40. The summed E-state index contributed by atoms with van der Waals surface area (Å²) in [4.78, 5) is 0. The molecule has 1 aliphatic heterocycles. The van der Waals surface area contributed by atoms with E-state index in [1.807, 2.05) is 18.2 Å². The molecule has 0 amide bonds. The van der Waals surface area contributed by atoms with Gasteiger partial charge in [-0.25, -0.2) is 0 Å².